The molecule has 3 fully saturated rings. The Balaban J connectivity index is 1.65. The van der Waals surface area contributed by atoms with Crippen LogP contribution in [0.15, 0.2) is 42.2 Å². The average molecular weight is 619 g/mol. The Labute approximate surface area is 259 Å². The Morgan fingerprint density at radius 1 is 1.05 bits per heavy atom. The Bertz CT molecular complexity index is 989. The summed E-state index contributed by atoms with van der Waals surface area (Å²) in [7, 11) is -2.05. The number of para-hydroxylation sites is 1. The van der Waals surface area contributed by atoms with E-state index in [1.807, 2.05) is 37.3 Å². The molecule has 0 amide bonds. The quantitative estimate of drug-likeness (QED) is 0.115. The van der Waals surface area contributed by atoms with E-state index in [0.29, 0.717) is 32.7 Å². The molecule has 2 aliphatic heterocycles. The summed E-state index contributed by atoms with van der Waals surface area (Å²) in [6, 6.07) is 10.8. The van der Waals surface area contributed by atoms with Gasteiger partial charge in [0.2, 0.25) is 0 Å². The van der Waals surface area contributed by atoms with Crippen molar-refractivity contribution in [2.45, 2.75) is 122 Å². The highest BCUT2D eigenvalue weighted by atomic mass is 28.4. The van der Waals surface area contributed by atoms with E-state index in [1.54, 1.807) is 0 Å². The van der Waals surface area contributed by atoms with Gasteiger partial charge >= 0.3 is 5.97 Å². The highest BCUT2D eigenvalue weighted by Gasteiger charge is 2.53. The molecule has 0 radical (unpaired) electrons. The topological polar surface area (TPSA) is 92.7 Å². The van der Waals surface area contributed by atoms with Gasteiger partial charge in [0.05, 0.1) is 31.3 Å². The van der Waals surface area contributed by atoms with Crippen molar-refractivity contribution in [1.82, 2.24) is 0 Å². The number of rotatable bonds is 16. The summed E-state index contributed by atoms with van der Waals surface area (Å²) in [5.41, 5.74) is 0. The zero-order valence-corrected chi connectivity index (χ0v) is 27.7. The van der Waals surface area contributed by atoms with Gasteiger partial charge in [-0.3, -0.25) is 4.79 Å². The summed E-state index contributed by atoms with van der Waals surface area (Å²) in [5, 5.41) is 10.4. The molecule has 8 nitrogen and oxygen atoms in total. The van der Waals surface area contributed by atoms with Gasteiger partial charge in [0.15, 0.2) is 20.9 Å². The van der Waals surface area contributed by atoms with Crippen LogP contribution in [0.1, 0.15) is 78.1 Å². The van der Waals surface area contributed by atoms with Gasteiger partial charge in [-0.15, -0.1) is 0 Å². The molecule has 0 aromatic heterocycles. The highest BCUT2D eigenvalue weighted by Crippen LogP contribution is 2.47. The molecule has 9 heteroatoms. The first-order chi connectivity index (χ1) is 20.8. The second-order valence-corrected chi connectivity index (χ2v) is 17.2. The first-order valence-corrected chi connectivity index (χ1v) is 19.7. The fraction of sp³-hybridized carbons (Fsp3) is 0.735. The predicted molar refractivity (Wildman–Crippen MR) is 168 cm³/mol. The van der Waals surface area contributed by atoms with Crippen LogP contribution in [0, 0.1) is 17.8 Å². The van der Waals surface area contributed by atoms with Crippen molar-refractivity contribution in [1.29, 1.82) is 0 Å². The Morgan fingerprint density at radius 2 is 1.74 bits per heavy atom. The van der Waals surface area contributed by atoms with Crippen LogP contribution in [0.25, 0.3) is 0 Å². The normalized spacial score (nSPS) is 29.3. The minimum absolute atomic E-state index is 0.247. The van der Waals surface area contributed by atoms with Crippen LogP contribution in [0.2, 0.25) is 19.1 Å². The van der Waals surface area contributed by atoms with E-state index in [0.717, 1.165) is 68.9 Å². The van der Waals surface area contributed by atoms with E-state index < -0.39 is 20.2 Å². The van der Waals surface area contributed by atoms with Gasteiger partial charge in [0.1, 0.15) is 11.5 Å². The van der Waals surface area contributed by atoms with Gasteiger partial charge in [-0.25, -0.2) is 0 Å². The van der Waals surface area contributed by atoms with E-state index >= 15 is 0 Å². The number of hydrogen-bond acceptors (Lipinski definition) is 7. The number of aliphatic carboxylic acids is 1. The number of hydrogen-bond donors (Lipinski definition) is 1. The molecule has 242 valence electrons. The summed E-state index contributed by atoms with van der Waals surface area (Å²) in [6.07, 6.45) is 10.1. The number of carboxylic acids is 1. The van der Waals surface area contributed by atoms with Crippen LogP contribution < -0.4 is 4.74 Å². The van der Waals surface area contributed by atoms with Crippen molar-refractivity contribution in [2.24, 2.45) is 17.8 Å². The van der Waals surface area contributed by atoms with Crippen LogP contribution >= 0.6 is 0 Å². The minimum Gasteiger partial charge on any atom is -0.493 e. The number of benzene rings is 1. The van der Waals surface area contributed by atoms with Crippen LogP contribution in [0.3, 0.4) is 0 Å². The smallest absolute Gasteiger partial charge is 0.306 e. The maximum atomic E-state index is 12.6. The summed E-state index contributed by atoms with van der Waals surface area (Å²) >= 11 is 0. The molecule has 4 rings (SSSR count). The summed E-state index contributed by atoms with van der Waals surface area (Å²) < 4.78 is 38.4. The molecular weight excluding hydrogens is 564 g/mol. The van der Waals surface area contributed by atoms with Crippen LogP contribution in [-0.2, 0) is 28.2 Å². The van der Waals surface area contributed by atoms with E-state index in [4.69, 9.17) is 28.1 Å². The molecular formula is C34H54O8Si. The van der Waals surface area contributed by atoms with Crippen LogP contribution in [-0.4, -0.2) is 64.0 Å². The zero-order chi connectivity index (χ0) is 30.7. The number of carbonyl (C=O) groups is 1. The summed E-state index contributed by atoms with van der Waals surface area (Å²) in [4.78, 5) is 12.6. The monoisotopic (exact) mass is 618 g/mol. The van der Waals surface area contributed by atoms with E-state index in [2.05, 4.69) is 26.1 Å². The third-order valence-electron chi connectivity index (χ3n) is 8.95. The number of unbranched alkanes of at least 4 members (excludes halogenated alkanes) is 1. The molecule has 1 aromatic rings. The van der Waals surface area contributed by atoms with Gasteiger partial charge in [0.25, 0.3) is 0 Å². The molecule has 2 unspecified atom stereocenters. The summed E-state index contributed by atoms with van der Waals surface area (Å²) in [5.74, 6) is -0.542. The second kappa shape index (κ2) is 17.0. The third-order valence-corrected chi connectivity index (χ3v) is 11.5. The van der Waals surface area contributed by atoms with Gasteiger partial charge in [-0.05, 0) is 75.9 Å². The molecule has 1 aliphatic carbocycles. The fourth-order valence-corrected chi connectivity index (χ4v) is 9.04. The lowest BCUT2D eigenvalue weighted by Gasteiger charge is -2.36. The Hall–Kier alpha value is -1.91. The van der Waals surface area contributed by atoms with E-state index in [-0.39, 0.29) is 36.6 Å². The summed E-state index contributed by atoms with van der Waals surface area (Å²) in [6.45, 7) is 10.3. The van der Waals surface area contributed by atoms with Crippen molar-refractivity contribution in [2.75, 3.05) is 19.8 Å². The maximum absolute atomic E-state index is 12.6. The molecule has 0 bridgehead atoms. The maximum Gasteiger partial charge on any atom is 0.306 e. The van der Waals surface area contributed by atoms with Gasteiger partial charge in [0, 0.05) is 31.3 Å². The third kappa shape index (κ3) is 10.3. The fourth-order valence-electron chi connectivity index (χ4n) is 6.65. The second-order valence-electron chi connectivity index (χ2n) is 12.9. The number of carboxylic acid groups (broad SMARTS) is 1. The molecule has 0 spiro atoms. The largest absolute Gasteiger partial charge is 0.493 e. The first-order valence-electron chi connectivity index (χ1n) is 16.6. The van der Waals surface area contributed by atoms with Crippen molar-refractivity contribution in [3.05, 3.63) is 42.2 Å². The molecule has 7 atom stereocenters. The van der Waals surface area contributed by atoms with Gasteiger partial charge in [-0.1, -0.05) is 44.9 Å². The van der Waals surface area contributed by atoms with Crippen molar-refractivity contribution < 1.29 is 38.0 Å². The molecule has 1 saturated carbocycles. The lowest BCUT2D eigenvalue weighted by atomic mass is 9.81. The minimum atomic E-state index is -2.05. The van der Waals surface area contributed by atoms with Crippen LogP contribution in [0.5, 0.6) is 5.75 Å². The molecule has 2 saturated heterocycles. The molecule has 1 N–H and O–H groups in total. The average Bonchev–Trinajstić information content (AvgIpc) is 3.34. The SMILES string of the molecule is CCCC[Si](C)(C)O[C@H]1C[C@@H](OC2CCCCO2)[C@@H](C(=CCCOc2ccccc2)OC2CCCCO2)[C@H]1[C@H](C)C(=O)O. The Kier molecular flexibility index (Phi) is 13.4. The highest BCUT2D eigenvalue weighted by molar-refractivity contribution is 6.71. The van der Waals surface area contributed by atoms with Crippen molar-refractivity contribution in [3.8, 4) is 5.75 Å². The molecule has 43 heavy (non-hydrogen) atoms. The van der Waals surface area contributed by atoms with Crippen molar-refractivity contribution >= 4 is 14.3 Å². The van der Waals surface area contributed by atoms with Crippen LogP contribution in [0.4, 0.5) is 0 Å². The lowest BCUT2D eigenvalue weighted by Crippen LogP contribution is -2.42. The molecule has 2 heterocycles. The van der Waals surface area contributed by atoms with Gasteiger partial charge < -0.3 is 33.2 Å². The molecule has 1 aromatic carbocycles. The number of ether oxygens (including phenoxy) is 5. The van der Waals surface area contributed by atoms with Crippen molar-refractivity contribution in [3.63, 3.8) is 0 Å². The van der Waals surface area contributed by atoms with Gasteiger partial charge in [-0.2, -0.15) is 0 Å². The Morgan fingerprint density at radius 3 is 2.37 bits per heavy atom. The standard InChI is InChI=1S/C34H54O8Si/c1-5-6-23-43(3,4)42-29-24-28(41-31-19-11-13-21-39-31)33(32(29)25(2)34(35)36)27(40-30-18-10-12-20-38-30)17-14-22-37-26-15-8-7-9-16-26/h7-9,15-17,25,28-33H,5-6,10-14,18-24H2,1-4H3,(H,35,36)/t25-,28+,29-,30?,31?,32-,33+/m0/s1. The zero-order valence-electron chi connectivity index (χ0n) is 26.7. The molecule has 3 aliphatic rings. The lowest BCUT2D eigenvalue weighted by molar-refractivity contribution is -0.201. The van der Waals surface area contributed by atoms with E-state index in [9.17, 15) is 9.90 Å². The van der Waals surface area contributed by atoms with E-state index in [1.165, 1.54) is 0 Å². The predicted octanol–water partition coefficient (Wildman–Crippen LogP) is 7.54. The first kappa shape index (κ1) is 34.0.